The molecular formula is C19ClF15. The molecule has 0 atom stereocenters. The van der Waals surface area contributed by atoms with Gasteiger partial charge in [0.2, 0.25) is 17.5 Å². The lowest BCUT2D eigenvalue weighted by Crippen LogP contribution is -2.34. The van der Waals surface area contributed by atoms with E-state index in [2.05, 4.69) is 0 Å². The SMILES string of the molecule is Fc1c(F)c(F)c(C(Cl)(c2c(F)c(F)c(F)c(F)c2F)c2c(F)c(F)c(F)c(F)c2F)c(F)c1F. The monoisotopic (exact) mass is 548 g/mol. The highest BCUT2D eigenvalue weighted by Crippen LogP contribution is 2.51. The second-order valence-corrected chi connectivity index (χ2v) is 7.06. The van der Waals surface area contributed by atoms with Gasteiger partial charge < -0.3 is 0 Å². The average Bonchev–Trinajstić information content (AvgIpc) is 2.81. The zero-order valence-electron chi connectivity index (χ0n) is 15.5. The molecule has 0 N–H and O–H groups in total. The third kappa shape index (κ3) is 3.42. The van der Waals surface area contributed by atoms with E-state index in [4.69, 9.17) is 11.6 Å². The molecule has 0 aliphatic carbocycles. The average molecular weight is 549 g/mol. The fourth-order valence-electron chi connectivity index (χ4n) is 3.10. The highest BCUT2D eigenvalue weighted by molar-refractivity contribution is 6.28. The van der Waals surface area contributed by atoms with Crippen LogP contribution in [0.3, 0.4) is 0 Å². The standard InChI is InChI=1S/C19ClF15/c20-19(1-4(21)10(27)16(33)11(28)5(1)22,2-6(23)12(29)17(34)13(30)7(2)24)3-8(25)14(31)18(35)15(32)9(3)26. The number of rotatable bonds is 3. The van der Waals surface area contributed by atoms with E-state index < -0.39 is 109 Å². The minimum atomic E-state index is -4.98. The second kappa shape index (κ2) is 8.53. The molecular weight excluding hydrogens is 549 g/mol. The van der Waals surface area contributed by atoms with Crippen molar-refractivity contribution >= 4 is 11.6 Å². The van der Waals surface area contributed by atoms with E-state index in [0.29, 0.717) is 0 Å². The second-order valence-electron chi connectivity index (χ2n) is 6.49. The first kappa shape index (κ1) is 26.5. The molecule has 0 aliphatic heterocycles. The van der Waals surface area contributed by atoms with E-state index in [1.54, 1.807) is 0 Å². The van der Waals surface area contributed by atoms with Crippen molar-refractivity contribution in [3.8, 4) is 0 Å². The summed E-state index contributed by atoms with van der Waals surface area (Å²) in [5, 5.41) is 0. The normalized spacial score (nSPS) is 12.0. The highest BCUT2D eigenvalue weighted by atomic mass is 35.5. The van der Waals surface area contributed by atoms with Crippen LogP contribution in [-0.4, -0.2) is 0 Å². The van der Waals surface area contributed by atoms with Gasteiger partial charge >= 0.3 is 0 Å². The van der Waals surface area contributed by atoms with Crippen LogP contribution < -0.4 is 0 Å². The molecule has 0 bridgehead atoms. The van der Waals surface area contributed by atoms with E-state index in [1.807, 2.05) is 0 Å². The summed E-state index contributed by atoms with van der Waals surface area (Å²) in [5.41, 5.74) is -8.79. The van der Waals surface area contributed by atoms with E-state index in [0.717, 1.165) is 0 Å². The number of alkyl halides is 1. The Balaban J connectivity index is 2.78. The first-order valence-electron chi connectivity index (χ1n) is 8.27. The van der Waals surface area contributed by atoms with Crippen molar-refractivity contribution in [1.29, 1.82) is 0 Å². The molecule has 0 nitrogen and oxygen atoms in total. The van der Waals surface area contributed by atoms with Crippen LogP contribution in [0.5, 0.6) is 0 Å². The Kier molecular flexibility index (Phi) is 6.46. The van der Waals surface area contributed by atoms with Crippen molar-refractivity contribution < 1.29 is 65.9 Å². The molecule has 3 rings (SSSR count). The van der Waals surface area contributed by atoms with Crippen molar-refractivity contribution in [3.63, 3.8) is 0 Å². The number of benzene rings is 3. The van der Waals surface area contributed by atoms with Crippen LogP contribution in [0.2, 0.25) is 0 Å². The molecule has 0 radical (unpaired) electrons. The molecule has 0 aliphatic rings. The van der Waals surface area contributed by atoms with Crippen molar-refractivity contribution in [1.82, 2.24) is 0 Å². The topological polar surface area (TPSA) is 0 Å². The lowest BCUT2D eigenvalue weighted by atomic mass is 9.81. The van der Waals surface area contributed by atoms with Gasteiger partial charge in [-0.3, -0.25) is 0 Å². The molecule has 3 aromatic rings. The molecule has 0 aromatic heterocycles. The summed E-state index contributed by atoms with van der Waals surface area (Å²) >= 11 is 5.53. The Morgan fingerprint density at radius 3 is 0.514 bits per heavy atom. The molecule has 3 aromatic carbocycles. The molecule has 0 saturated carbocycles. The Bertz CT molecular complexity index is 1160. The lowest BCUT2D eigenvalue weighted by molar-refractivity contribution is 0.340. The predicted molar refractivity (Wildman–Crippen MR) is 84.4 cm³/mol. The zero-order valence-corrected chi connectivity index (χ0v) is 16.3. The highest BCUT2D eigenvalue weighted by Gasteiger charge is 2.52. The fraction of sp³-hybridized carbons (Fsp3) is 0.0526. The summed E-state index contributed by atoms with van der Waals surface area (Å²) in [5.74, 6) is -46.8. The molecule has 16 heteroatoms. The molecule has 0 unspecified atom stereocenters. The first-order chi connectivity index (χ1) is 16.0. The van der Waals surface area contributed by atoms with Gasteiger partial charge in [-0.25, -0.2) is 65.9 Å². The van der Waals surface area contributed by atoms with Crippen LogP contribution in [-0.2, 0) is 4.87 Å². The van der Waals surface area contributed by atoms with E-state index >= 15 is 0 Å². The van der Waals surface area contributed by atoms with Gasteiger partial charge in [-0.05, 0) is 0 Å². The maximum absolute atomic E-state index is 14.5. The molecule has 0 heterocycles. The number of hydrogen-bond acceptors (Lipinski definition) is 0. The summed E-state index contributed by atoms with van der Waals surface area (Å²) < 4.78 is 210. The summed E-state index contributed by atoms with van der Waals surface area (Å²) in [4.78, 5) is -4.98. The Morgan fingerprint density at radius 2 is 0.371 bits per heavy atom. The van der Waals surface area contributed by atoms with Gasteiger partial charge in [0.25, 0.3) is 0 Å². The third-order valence-corrected chi connectivity index (χ3v) is 5.23. The quantitative estimate of drug-likeness (QED) is 0.106. The number of hydrogen-bond donors (Lipinski definition) is 0. The van der Waals surface area contributed by atoms with Crippen molar-refractivity contribution in [2.24, 2.45) is 0 Å². The van der Waals surface area contributed by atoms with Gasteiger partial charge in [0.1, 0.15) is 4.87 Å². The molecule has 188 valence electrons. The van der Waals surface area contributed by atoms with Crippen LogP contribution in [0.25, 0.3) is 0 Å². The molecule has 0 saturated heterocycles. The zero-order chi connectivity index (χ0) is 26.9. The molecule has 35 heavy (non-hydrogen) atoms. The van der Waals surface area contributed by atoms with Crippen LogP contribution in [0.4, 0.5) is 65.9 Å². The summed E-state index contributed by atoms with van der Waals surface area (Å²) in [6.45, 7) is 0. The Labute approximate surface area is 187 Å². The molecule has 0 amide bonds. The molecule has 0 fully saturated rings. The summed E-state index contributed by atoms with van der Waals surface area (Å²) in [6.07, 6.45) is 0. The van der Waals surface area contributed by atoms with Gasteiger partial charge in [-0.15, -0.1) is 11.6 Å². The van der Waals surface area contributed by atoms with E-state index in [9.17, 15) is 65.9 Å². The van der Waals surface area contributed by atoms with Crippen molar-refractivity contribution in [3.05, 3.63) is 104 Å². The number of halogens is 16. The van der Waals surface area contributed by atoms with Gasteiger partial charge in [0.15, 0.2) is 69.8 Å². The van der Waals surface area contributed by atoms with Crippen LogP contribution >= 0.6 is 11.6 Å². The van der Waals surface area contributed by atoms with Crippen LogP contribution in [0.15, 0.2) is 0 Å². The summed E-state index contributed by atoms with van der Waals surface area (Å²) in [6, 6.07) is 0. The maximum atomic E-state index is 14.5. The smallest absolute Gasteiger partial charge is 0.200 e. The van der Waals surface area contributed by atoms with Crippen LogP contribution in [0, 0.1) is 87.3 Å². The van der Waals surface area contributed by atoms with Crippen LogP contribution in [0.1, 0.15) is 16.7 Å². The van der Waals surface area contributed by atoms with Crippen molar-refractivity contribution in [2.75, 3.05) is 0 Å². The predicted octanol–water partition coefficient (Wildman–Crippen LogP) is 7.30. The first-order valence-corrected chi connectivity index (χ1v) is 8.65. The van der Waals surface area contributed by atoms with Gasteiger partial charge in [-0.1, -0.05) is 0 Å². The summed E-state index contributed by atoms with van der Waals surface area (Å²) in [7, 11) is 0. The lowest BCUT2D eigenvalue weighted by Gasteiger charge is -2.31. The third-order valence-electron chi connectivity index (χ3n) is 4.66. The minimum Gasteiger partial charge on any atom is -0.203 e. The van der Waals surface area contributed by atoms with Gasteiger partial charge in [-0.2, -0.15) is 0 Å². The minimum absolute atomic E-state index is 2.93. The largest absolute Gasteiger partial charge is 0.203 e. The van der Waals surface area contributed by atoms with E-state index in [-0.39, 0.29) is 0 Å². The van der Waals surface area contributed by atoms with Gasteiger partial charge in [0, 0.05) is 0 Å². The Morgan fingerprint density at radius 1 is 0.257 bits per heavy atom. The molecule has 0 spiro atoms. The van der Waals surface area contributed by atoms with Crippen molar-refractivity contribution in [2.45, 2.75) is 4.87 Å². The fourth-order valence-corrected chi connectivity index (χ4v) is 3.59. The maximum Gasteiger partial charge on any atom is 0.200 e. The van der Waals surface area contributed by atoms with Gasteiger partial charge in [0.05, 0.1) is 16.7 Å². The Hall–Kier alpha value is -3.10. The van der Waals surface area contributed by atoms with E-state index in [1.165, 1.54) is 0 Å².